The fourth-order valence-corrected chi connectivity index (χ4v) is 2.75. The summed E-state index contributed by atoms with van der Waals surface area (Å²) in [6.07, 6.45) is 0. The lowest BCUT2D eigenvalue weighted by atomic mass is 10.2. The molecule has 1 N–H and O–H groups in total. The zero-order valence-corrected chi connectivity index (χ0v) is 13.2. The highest BCUT2D eigenvalue weighted by Gasteiger charge is 2.21. The first-order valence-electron chi connectivity index (χ1n) is 7.89. The van der Waals surface area contributed by atoms with Crippen molar-refractivity contribution >= 4 is 17.3 Å². The number of carbonyl (C=O) groups is 1. The third-order valence-electron chi connectivity index (χ3n) is 4.09. The Hall–Kier alpha value is -2.63. The quantitative estimate of drug-likeness (QED) is 0.936. The van der Waals surface area contributed by atoms with Gasteiger partial charge >= 0.3 is 0 Å². The topological polar surface area (TPSA) is 35.6 Å². The van der Waals surface area contributed by atoms with Crippen LogP contribution < -0.4 is 10.2 Å². The molecule has 1 saturated heterocycles. The molecule has 1 aliphatic rings. The number of anilines is 2. The van der Waals surface area contributed by atoms with Gasteiger partial charge in [-0.05, 0) is 42.5 Å². The van der Waals surface area contributed by atoms with Crippen molar-refractivity contribution in [3.8, 4) is 0 Å². The molecule has 1 heterocycles. The zero-order valence-electron chi connectivity index (χ0n) is 13.2. The molecule has 0 radical (unpaired) electrons. The maximum Gasteiger partial charge on any atom is 0.241 e. The highest BCUT2D eigenvalue weighted by molar-refractivity contribution is 5.81. The summed E-state index contributed by atoms with van der Waals surface area (Å²) in [4.78, 5) is 16.2. The SMILES string of the molecule is O=C(CNc1cccc(F)c1)N1CCN(c2ccc(F)cc2)CC1. The van der Waals surface area contributed by atoms with Gasteiger partial charge in [-0.2, -0.15) is 0 Å². The number of rotatable bonds is 4. The summed E-state index contributed by atoms with van der Waals surface area (Å²) >= 11 is 0. The minimum Gasteiger partial charge on any atom is -0.376 e. The van der Waals surface area contributed by atoms with Crippen LogP contribution >= 0.6 is 0 Å². The summed E-state index contributed by atoms with van der Waals surface area (Å²) in [5, 5.41) is 2.95. The van der Waals surface area contributed by atoms with Crippen LogP contribution in [0.15, 0.2) is 48.5 Å². The van der Waals surface area contributed by atoms with E-state index in [1.54, 1.807) is 29.2 Å². The number of piperazine rings is 1. The first-order chi connectivity index (χ1) is 11.6. The van der Waals surface area contributed by atoms with Crippen molar-refractivity contribution in [2.24, 2.45) is 0 Å². The van der Waals surface area contributed by atoms with Gasteiger partial charge in [-0.15, -0.1) is 0 Å². The van der Waals surface area contributed by atoms with Crippen molar-refractivity contribution in [1.29, 1.82) is 0 Å². The summed E-state index contributed by atoms with van der Waals surface area (Å²) in [5.41, 5.74) is 1.55. The number of benzene rings is 2. The van der Waals surface area contributed by atoms with E-state index >= 15 is 0 Å². The van der Waals surface area contributed by atoms with E-state index < -0.39 is 0 Å². The minimum atomic E-state index is -0.333. The summed E-state index contributed by atoms with van der Waals surface area (Å²) in [6, 6.07) is 12.4. The molecular formula is C18H19F2N3O. The van der Waals surface area contributed by atoms with E-state index in [2.05, 4.69) is 10.2 Å². The fourth-order valence-electron chi connectivity index (χ4n) is 2.75. The minimum absolute atomic E-state index is 0.0157. The molecule has 0 spiro atoms. The smallest absolute Gasteiger partial charge is 0.241 e. The predicted molar refractivity (Wildman–Crippen MR) is 90.1 cm³/mol. The molecule has 1 amide bonds. The van der Waals surface area contributed by atoms with Crippen LogP contribution in [0.5, 0.6) is 0 Å². The van der Waals surface area contributed by atoms with Crippen molar-refractivity contribution in [2.75, 3.05) is 42.9 Å². The molecule has 0 bridgehead atoms. The predicted octanol–water partition coefficient (Wildman–Crippen LogP) is 2.73. The molecule has 0 unspecified atom stereocenters. The van der Waals surface area contributed by atoms with Crippen LogP contribution in [0.3, 0.4) is 0 Å². The van der Waals surface area contributed by atoms with E-state index in [0.717, 1.165) is 5.69 Å². The number of amides is 1. The Bertz CT molecular complexity index is 698. The molecular weight excluding hydrogens is 312 g/mol. The second-order valence-electron chi connectivity index (χ2n) is 5.71. The normalized spacial score (nSPS) is 14.6. The van der Waals surface area contributed by atoms with Crippen molar-refractivity contribution in [3.63, 3.8) is 0 Å². The maximum absolute atomic E-state index is 13.1. The van der Waals surface area contributed by atoms with Crippen LogP contribution in [-0.2, 0) is 4.79 Å². The van der Waals surface area contributed by atoms with Crippen LogP contribution in [0.4, 0.5) is 20.2 Å². The number of halogens is 2. The van der Waals surface area contributed by atoms with Gasteiger partial charge in [-0.1, -0.05) is 6.07 Å². The van der Waals surface area contributed by atoms with Crippen LogP contribution in [-0.4, -0.2) is 43.5 Å². The third kappa shape index (κ3) is 4.01. The molecule has 3 rings (SSSR count). The van der Waals surface area contributed by atoms with E-state index in [1.807, 2.05) is 0 Å². The lowest BCUT2D eigenvalue weighted by Gasteiger charge is -2.36. The monoisotopic (exact) mass is 331 g/mol. The maximum atomic E-state index is 13.1. The number of hydrogen-bond donors (Lipinski definition) is 1. The van der Waals surface area contributed by atoms with Gasteiger partial charge in [0, 0.05) is 37.6 Å². The van der Waals surface area contributed by atoms with Gasteiger partial charge in [0.2, 0.25) is 5.91 Å². The average Bonchev–Trinajstić information content (AvgIpc) is 2.61. The van der Waals surface area contributed by atoms with E-state index in [1.165, 1.54) is 24.3 Å². The molecule has 1 fully saturated rings. The van der Waals surface area contributed by atoms with Gasteiger partial charge in [-0.3, -0.25) is 4.79 Å². The first-order valence-corrected chi connectivity index (χ1v) is 7.89. The Balaban J connectivity index is 1.49. The van der Waals surface area contributed by atoms with Crippen LogP contribution in [0.2, 0.25) is 0 Å². The molecule has 0 saturated carbocycles. The van der Waals surface area contributed by atoms with Gasteiger partial charge in [0.05, 0.1) is 6.54 Å². The third-order valence-corrected chi connectivity index (χ3v) is 4.09. The second-order valence-corrected chi connectivity index (χ2v) is 5.71. The van der Waals surface area contributed by atoms with E-state index in [-0.39, 0.29) is 24.1 Å². The molecule has 0 aliphatic carbocycles. The van der Waals surface area contributed by atoms with Gasteiger partial charge in [0.1, 0.15) is 11.6 Å². The van der Waals surface area contributed by atoms with Crippen LogP contribution in [0.25, 0.3) is 0 Å². The molecule has 2 aromatic carbocycles. The molecule has 0 atom stereocenters. The Labute approximate surface area is 139 Å². The molecule has 2 aromatic rings. The largest absolute Gasteiger partial charge is 0.376 e. The molecule has 6 heteroatoms. The lowest BCUT2D eigenvalue weighted by Crippen LogP contribution is -2.50. The highest BCUT2D eigenvalue weighted by Crippen LogP contribution is 2.17. The number of hydrogen-bond acceptors (Lipinski definition) is 3. The molecule has 126 valence electrons. The molecule has 0 aromatic heterocycles. The van der Waals surface area contributed by atoms with Gasteiger partial charge < -0.3 is 15.1 Å². The van der Waals surface area contributed by atoms with Crippen LogP contribution in [0.1, 0.15) is 0 Å². The highest BCUT2D eigenvalue weighted by atomic mass is 19.1. The van der Waals surface area contributed by atoms with E-state index in [9.17, 15) is 13.6 Å². The Morgan fingerprint density at radius 3 is 2.33 bits per heavy atom. The van der Waals surface area contributed by atoms with Crippen molar-refractivity contribution in [2.45, 2.75) is 0 Å². The van der Waals surface area contributed by atoms with Gasteiger partial charge in [-0.25, -0.2) is 8.78 Å². The van der Waals surface area contributed by atoms with Crippen LogP contribution in [0, 0.1) is 11.6 Å². The lowest BCUT2D eigenvalue weighted by molar-refractivity contribution is -0.129. The zero-order chi connectivity index (χ0) is 16.9. The molecule has 1 aliphatic heterocycles. The van der Waals surface area contributed by atoms with E-state index in [4.69, 9.17) is 0 Å². The number of carbonyl (C=O) groups excluding carboxylic acids is 1. The average molecular weight is 331 g/mol. The van der Waals surface area contributed by atoms with Gasteiger partial charge in [0.15, 0.2) is 0 Å². The molecule has 24 heavy (non-hydrogen) atoms. The summed E-state index contributed by atoms with van der Waals surface area (Å²) in [5.74, 6) is -0.602. The summed E-state index contributed by atoms with van der Waals surface area (Å²) in [7, 11) is 0. The fraction of sp³-hybridized carbons (Fsp3) is 0.278. The Morgan fingerprint density at radius 1 is 0.958 bits per heavy atom. The summed E-state index contributed by atoms with van der Waals surface area (Å²) < 4.78 is 26.1. The first kappa shape index (κ1) is 16.2. The number of nitrogens with zero attached hydrogens (tertiary/aromatic N) is 2. The van der Waals surface area contributed by atoms with Crippen molar-refractivity contribution in [1.82, 2.24) is 4.90 Å². The van der Waals surface area contributed by atoms with Crippen molar-refractivity contribution < 1.29 is 13.6 Å². The number of nitrogens with one attached hydrogen (secondary N) is 1. The summed E-state index contributed by atoms with van der Waals surface area (Å²) in [6.45, 7) is 2.77. The molecule has 4 nitrogen and oxygen atoms in total. The second kappa shape index (κ2) is 7.29. The van der Waals surface area contributed by atoms with E-state index in [0.29, 0.717) is 31.9 Å². The Morgan fingerprint density at radius 2 is 1.67 bits per heavy atom. The Kier molecular flexibility index (Phi) is 4.93. The van der Waals surface area contributed by atoms with Crippen molar-refractivity contribution in [3.05, 3.63) is 60.2 Å². The standard InChI is InChI=1S/C18H19F2N3O/c19-14-4-6-17(7-5-14)22-8-10-23(11-9-22)18(24)13-21-16-3-1-2-15(20)12-16/h1-7,12,21H,8-11,13H2. The van der Waals surface area contributed by atoms with Gasteiger partial charge in [0.25, 0.3) is 0 Å².